The van der Waals surface area contributed by atoms with Crippen molar-refractivity contribution >= 4 is 28.9 Å². The number of primary amides is 1. The van der Waals surface area contributed by atoms with Crippen molar-refractivity contribution in [2.45, 2.75) is 0 Å². The third kappa shape index (κ3) is 4.00. The second kappa shape index (κ2) is 7.27. The summed E-state index contributed by atoms with van der Waals surface area (Å²) in [4.78, 5) is 27.5. The summed E-state index contributed by atoms with van der Waals surface area (Å²) in [6.45, 7) is 0. The van der Waals surface area contributed by atoms with Crippen LogP contribution in [0.2, 0.25) is 0 Å². The van der Waals surface area contributed by atoms with E-state index in [1.165, 1.54) is 0 Å². The Morgan fingerprint density at radius 3 is 2.20 bits per heavy atom. The van der Waals surface area contributed by atoms with Crippen LogP contribution in [-0.4, -0.2) is 16.8 Å². The van der Waals surface area contributed by atoms with E-state index >= 15 is 0 Å². The molecule has 0 aliphatic rings. The standard InChI is InChI=1S/C19H16N4O2/c20-18(24)15-5-1-2-6-16(15)22-13-8-10-14(11-9-13)23-19(25)17-7-3-4-12-21-17/h1-12,22H,(H2,20,24)(H,23,25). The van der Waals surface area contributed by atoms with Crippen molar-refractivity contribution in [3.8, 4) is 0 Å². The number of para-hydroxylation sites is 1. The summed E-state index contributed by atoms with van der Waals surface area (Å²) in [7, 11) is 0. The van der Waals surface area contributed by atoms with Crippen LogP contribution in [-0.2, 0) is 0 Å². The minimum absolute atomic E-state index is 0.277. The van der Waals surface area contributed by atoms with Crippen LogP contribution in [0.1, 0.15) is 20.8 Å². The summed E-state index contributed by atoms with van der Waals surface area (Å²) >= 11 is 0. The lowest BCUT2D eigenvalue weighted by Crippen LogP contribution is -2.13. The average Bonchev–Trinajstić information content (AvgIpc) is 2.64. The summed E-state index contributed by atoms with van der Waals surface area (Å²) < 4.78 is 0. The molecule has 6 nitrogen and oxygen atoms in total. The summed E-state index contributed by atoms with van der Waals surface area (Å²) in [6.07, 6.45) is 1.57. The largest absolute Gasteiger partial charge is 0.366 e. The van der Waals surface area contributed by atoms with E-state index in [1.807, 2.05) is 6.07 Å². The number of amides is 2. The predicted octanol–water partition coefficient (Wildman–Crippen LogP) is 3.18. The monoisotopic (exact) mass is 332 g/mol. The van der Waals surface area contributed by atoms with Gasteiger partial charge in [0.1, 0.15) is 5.69 Å². The third-order valence-electron chi connectivity index (χ3n) is 3.51. The van der Waals surface area contributed by atoms with Crippen LogP contribution in [0.4, 0.5) is 17.1 Å². The van der Waals surface area contributed by atoms with Gasteiger partial charge in [0.2, 0.25) is 0 Å². The fraction of sp³-hybridized carbons (Fsp3) is 0. The van der Waals surface area contributed by atoms with Crippen molar-refractivity contribution in [3.63, 3.8) is 0 Å². The molecule has 25 heavy (non-hydrogen) atoms. The van der Waals surface area contributed by atoms with Crippen LogP contribution < -0.4 is 16.4 Å². The van der Waals surface area contributed by atoms with Crippen molar-refractivity contribution in [3.05, 3.63) is 84.2 Å². The Morgan fingerprint density at radius 2 is 1.52 bits per heavy atom. The van der Waals surface area contributed by atoms with Gasteiger partial charge in [-0.3, -0.25) is 14.6 Å². The molecule has 4 N–H and O–H groups in total. The molecule has 6 heteroatoms. The first-order valence-electron chi connectivity index (χ1n) is 7.62. The van der Waals surface area contributed by atoms with E-state index in [-0.39, 0.29) is 5.91 Å². The van der Waals surface area contributed by atoms with Crippen LogP contribution >= 0.6 is 0 Å². The fourth-order valence-corrected chi connectivity index (χ4v) is 2.29. The maximum absolute atomic E-state index is 12.1. The molecule has 3 aromatic rings. The van der Waals surface area contributed by atoms with Gasteiger partial charge in [-0.1, -0.05) is 18.2 Å². The average molecular weight is 332 g/mol. The molecule has 3 rings (SSSR count). The van der Waals surface area contributed by atoms with Gasteiger partial charge >= 0.3 is 0 Å². The Labute approximate surface area is 144 Å². The number of nitrogens with zero attached hydrogens (tertiary/aromatic N) is 1. The lowest BCUT2D eigenvalue weighted by molar-refractivity contribution is 0.0997. The molecule has 2 aromatic carbocycles. The Balaban J connectivity index is 1.71. The van der Waals surface area contributed by atoms with Gasteiger partial charge < -0.3 is 16.4 Å². The van der Waals surface area contributed by atoms with E-state index in [1.54, 1.807) is 66.9 Å². The zero-order chi connectivity index (χ0) is 17.6. The zero-order valence-corrected chi connectivity index (χ0v) is 13.3. The molecule has 0 bridgehead atoms. The number of benzene rings is 2. The summed E-state index contributed by atoms with van der Waals surface area (Å²) in [5, 5.41) is 5.92. The summed E-state index contributed by atoms with van der Waals surface area (Å²) in [5.41, 5.74) is 8.17. The Hall–Kier alpha value is -3.67. The highest BCUT2D eigenvalue weighted by Crippen LogP contribution is 2.22. The molecule has 1 aromatic heterocycles. The summed E-state index contributed by atoms with van der Waals surface area (Å²) in [5.74, 6) is -0.775. The van der Waals surface area contributed by atoms with Crippen molar-refractivity contribution in [1.29, 1.82) is 0 Å². The molecule has 0 aliphatic carbocycles. The summed E-state index contributed by atoms with van der Waals surface area (Å²) in [6, 6.07) is 19.3. The van der Waals surface area contributed by atoms with Gasteiger partial charge in [-0.25, -0.2) is 0 Å². The number of anilines is 3. The van der Waals surface area contributed by atoms with Crippen LogP contribution in [0, 0.1) is 0 Å². The lowest BCUT2D eigenvalue weighted by Gasteiger charge is -2.11. The number of pyridine rings is 1. The molecule has 0 saturated heterocycles. The number of nitrogens with one attached hydrogen (secondary N) is 2. The van der Waals surface area contributed by atoms with Crippen molar-refractivity contribution in [2.24, 2.45) is 5.73 Å². The Bertz CT molecular complexity index is 893. The van der Waals surface area contributed by atoms with E-state index in [4.69, 9.17) is 5.73 Å². The third-order valence-corrected chi connectivity index (χ3v) is 3.51. The van der Waals surface area contributed by atoms with E-state index in [9.17, 15) is 9.59 Å². The van der Waals surface area contributed by atoms with E-state index in [2.05, 4.69) is 15.6 Å². The predicted molar refractivity (Wildman–Crippen MR) is 96.9 cm³/mol. The van der Waals surface area contributed by atoms with Crippen LogP contribution in [0.5, 0.6) is 0 Å². The SMILES string of the molecule is NC(=O)c1ccccc1Nc1ccc(NC(=O)c2ccccn2)cc1. The smallest absolute Gasteiger partial charge is 0.274 e. The Morgan fingerprint density at radius 1 is 0.840 bits per heavy atom. The number of carbonyl (C=O) groups excluding carboxylic acids is 2. The quantitative estimate of drug-likeness (QED) is 0.668. The highest BCUT2D eigenvalue weighted by Gasteiger charge is 2.08. The van der Waals surface area contributed by atoms with E-state index in [0.29, 0.717) is 22.6 Å². The van der Waals surface area contributed by atoms with Crippen molar-refractivity contribution in [1.82, 2.24) is 4.98 Å². The maximum atomic E-state index is 12.1. The van der Waals surface area contributed by atoms with Gasteiger partial charge in [-0.2, -0.15) is 0 Å². The minimum Gasteiger partial charge on any atom is -0.366 e. The normalized spacial score (nSPS) is 10.1. The minimum atomic E-state index is -0.498. The van der Waals surface area contributed by atoms with Gasteiger partial charge in [-0.05, 0) is 48.5 Å². The molecule has 1 heterocycles. The first-order chi connectivity index (χ1) is 12.1. The fourth-order valence-electron chi connectivity index (χ4n) is 2.29. The first-order valence-corrected chi connectivity index (χ1v) is 7.62. The zero-order valence-electron chi connectivity index (χ0n) is 13.3. The van der Waals surface area contributed by atoms with Gasteiger partial charge in [0.05, 0.1) is 11.3 Å². The molecule has 0 saturated carbocycles. The second-order valence-electron chi connectivity index (χ2n) is 5.28. The molecule has 0 fully saturated rings. The molecule has 0 spiro atoms. The number of carbonyl (C=O) groups is 2. The highest BCUT2D eigenvalue weighted by atomic mass is 16.2. The van der Waals surface area contributed by atoms with Crippen LogP contribution in [0.15, 0.2) is 72.9 Å². The van der Waals surface area contributed by atoms with Gasteiger partial charge in [0.25, 0.3) is 11.8 Å². The first kappa shape index (κ1) is 16.2. The Kier molecular flexibility index (Phi) is 4.71. The maximum Gasteiger partial charge on any atom is 0.274 e. The topological polar surface area (TPSA) is 97.1 Å². The number of aromatic nitrogens is 1. The van der Waals surface area contributed by atoms with Gasteiger partial charge in [0.15, 0.2) is 0 Å². The lowest BCUT2D eigenvalue weighted by atomic mass is 10.1. The number of hydrogen-bond acceptors (Lipinski definition) is 4. The second-order valence-corrected chi connectivity index (χ2v) is 5.28. The molecule has 0 radical (unpaired) electrons. The van der Waals surface area contributed by atoms with E-state index < -0.39 is 5.91 Å². The molecule has 0 atom stereocenters. The van der Waals surface area contributed by atoms with Crippen LogP contribution in [0.3, 0.4) is 0 Å². The molecular weight excluding hydrogens is 316 g/mol. The number of nitrogens with two attached hydrogens (primary N) is 1. The number of rotatable bonds is 5. The van der Waals surface area contributed by atoms with Gasteiger partial charge in [0, 0.05) is 17.6 Å². The number of hydrogen-bond donors (Lipinski definition) is 3. The van der Waals surface area contributed by atoms with Crippen molar-refractivity contribution in [2.75, 3.05) is 10.6 Å². The van der Waals surface area contributed by atoms with Crippen molar-refractivity contribution < 1.29 is 9.59 Å². The molecular formula is C19H16N4O2. The molecule has 2 amide bonds. The van der Waals surface area contributed by atoms with Gasteiger partial charge in [-0.15, -0.1) is 0 Å². The molecule has 0 aliphatic heterocycles. The van der Waals surface area contributed by atoms with E-state index in [0.717, 1.165) is 5.69 Å². The molecule has 0 unspecified atom stereocenters. The van der Waals surface area contributed by atoms with Crippen LogP contribution in [0.25, 0.3) is 0 Å². The molecule has 124 valence electrons. The highest BCUT2D eigenvalue weighted by molar-refractivity contribution is 6.03.